The Balaban J connectivity index is 2.09. The van der Waals surface area contributed by atoms with Crippen LogP contribution in [0.2, 0.25) is 0 Å². The molecule has 2 aromatic rings. The third-order valence-corrected chi connectivity index (χ3v) is 4.12. The van der Waals surface area contributed by atoms with E-state index in [0.717, 1.165) is 35.8 Å². The summed E-state index contributed by atoms with van der Waals surface area (Å²) in [6, 6.07) is 13.9. The molecule has 21 heavy (non-hydrogen) atoms. The predicted octanol–water partition coefficient (Wildman–Crippen LogP) is 3.15. The van der Waals surface area contributed by atoms with Gasteiger partial charge in [-0.25, -0.2) is 0 Å². The van der Waals surface area contributed by atoms with Gasteiger partial charge in [0.05, 0.1) is 18.1 Å². The molecule has 1 heterocycles. The van der Waals surface area contributed by atoms with Crippen molar-refractivity contribution < 1.29 is 9.90 Å². The number of carboxylic acid groups (broad SMARTS) is 1. The highest BCUT2D eigenvalue weighted by atomic mass is 16.4. The minimum absolute atomic E-state index is 0.0406. The number of anilines is 1. The second kappa shape index (κ2) is 5.45. The van der Waals surface area contributed by atoms with Crippen molar-refractivity contribution >= 4 is 22.4 Å². The summed E-state index contributed by atoms with van der Waals surface area (Å²) in [6.45, 7) is 0.869. The van der Waals surface area contributed by atoms with E-state index < -0.39 is 5.97 Å². The Morgan fingerprint density at radius 1 is 1.29 bits per heavy atom. The first-order valence-corrected chi connectivity index (χ1v) is 7.11. The molecule has 1 saturated heterocycles. The van der Waals surface area contributed by atoms with E-state index in [9.17, 15) is 10.1 Å². The third kappa shape index (κ3) is 2.43. The molecule has 106 valence electrons. The molecular weight excluding hydrogens is 264 g/mol. The topological polar surface area (TPSA) is 64.3 Å². The number of aliphatic carboxylic acids is 1. The van der Waals surface area contributed by atoms with Crippen LogP contribution in [0.1, 0.15) is 24.8 Å². The van der Waals surface area contributed by atoms with Crippen LogP contribution in [-0.2, 0) is 4.79 Å². The maximum Gasteiger partial charge on any atom is 0.305 e. The summed E-state index contributed by atoms with van der Waals surface area (Å²) in [6.07, 6.45) is 2.07. The fourth-order valence-corrected chi connectivity index (χ4v) is 3.20. The van der Waals surface area contributed by atoms with Crippen molar-refractivity contribution in [1.82, 2.24) is 0 Å². The number of benzene rings is 2. The van der Waals surface area contributed by atoms with Crippen molar-refractivity contribution in [3.05, 3.63) is 42.0 Å². The number of nitriles is 1. The lowest BCUT2D eigenvalue weighted by atomic mass is 10.0. The number of hydrogen-bond donors (Lipinski definition) is 1. The quantitative estimate of drug-likeness (QED) is 0.938. The van der Waals surface area contributed by atoms with E-state index in [-0.39, 0.29) is 12.5 Å². The van der Waals surface area contributed by atoms with Crippen molar-refractivity contribution in [2.45, 2.75) is 25.3 Å². The molecule has 2 aromatic carbocycles. The van der Waals surface area contributed by atoms with Crippen LogP contribution in [0, 0.1) is 11.3 Å². The van der Waals surface area contributed by atoms with E-state index in [4.69, 9.17) is 5.11 Å². The van der Waals surface area contributed by atoms with Gasteiger partial charge in [-0.3, -0.25) is 4.79 Å². The van der Waals surface area contributed by atoms with Gasteiger partial charge in [0, 0.05) is 29.0 Å². The van der Waals surface area contributed by atoms with Gasteiger partial charge in [-0.05, 0) is 25.0 Å². The highest BCUT2D eigenvalue weighted by Gasteiger charge is 2.28. The molecule has 0 radical (unpaired) electrons. The van der Waals surface area contributed by atoms with E-state index in [1.54, 1.807) is 0 Å². The molecule has 1 unspecified atom stereocenters. The van der Waals surface area contributed by atoms with Crippen molar-refractivity contribution in [1.29, 1.82) is 5.26 Å². The second-order valence-corrected chi connectivity index (χ2v) is 5.38. The van der Waals surface area contributed by atoms with Crippen LogP contribution in [0.5, 0.6) is 0 Å². The van der Waals surface area contributed by atoms with E-state index in [1.807, 2.05) is 36.4 Å². The van der Waals surface area contributed by atoms with Gasteiger partial charge in [0.2, 0.25) is 0 Å². The SMILES string of the molecule is N#Cc1ccc(N2CCCC2CC(=O)O)c2ccccc12. The van der Waals surface area contributed by atoms with Gasteiger partial charge in [0.15, 0.2) is 0 Å². The smallest absolute Gasteiger partial charge is 0.305 e. The Morgan fingerprint density at radius 2 is 2.05 bits per heavy atom. The van der Waals surface area contributed by atoms with Crippen LogP contribution in [0.25, 0.3) is 10.8 Å². The fraction of sp³-hybridized carbons (Fsp3) is 0.294. The molecule has 0 aliphatic carbocycles. The molecule has 1 atom stereocenters. The van der Waals surface area contributed by atoms with Gasteiger partial charge in [-0.2, -0.15) is 5.26 Å². The van der Waals surface area contributed by atoms with Crippen LogP contribution in [0.4, 0.5) is 5.69 Å². The van der Waals surface area contributed by atoms with Gasteiger partial charge >= 0.3 is 5.97 Å². The molecule has 0 aromatic heterocycles. The Labute approximate surface area is 123 Å². The summed E-state index contributed by atoms with van der Waals surface area (Å²) in [5.74, 6) is -0.759. The number of hydrogen-bond acceptors (Lipinski definition) is 3. The average molecular weight is 280 g/mol. The lowest BCUT2D eigenvalue weighted by molar-refractivity contribution is -0.137. The zero-order valence-corrected chi connectivity index (χ0v) is 11.6. The molecule has 1 N–H and O–H groups in total. The molecule has 0 spiro atoms. The summed E-state index contributed by atoms with van der Waals surface area (Å²) >= 11 is 0. The van der Waals surface area contributed by atoms with E-state index in [2.05, 4.69) is 11.0 Å². The largest absolute Gasteiger partial charge is 0.481 e. The summed E-state index contributed by atoms with van der Waals surface area (Å²) in [5.41, 5.74) is 1.69. The van der Waals surface area contributed by atoms with E-state index in [0.29, 0.717) is 5.56 Å². The lowest BCUT2D eigenvalue weighted by Gasteiger charge is -2.27. The van der Waals surface area contributed by atoms with E-state index in [1.165, 1.54) is 0 Å². The number of carboxylic acids is 1. The molecule has 0 bridgehead atoms. The predicted molar refractivity (Wildman–Crippen MR) is 81.3 cm³/mol. The van der Waals surface area contributed by atoms with Gasteiger partial charge in [0.25, 0.3) is 0 Å². The standard InChI is InChI=1S/C17H16N2O2/c18-11-12-7-8-16(15-6-2-1-5-14(12)15)19-9-3-4-13(19)10-17(20)21/h1-2,5-8,13H,3-4,9-10H2,(H,20,21). The summed E-state index contributed by atoms with van der Waals surface area (Å²) in [7, 11) is 0. The van der Waals surface area contributed by atoms with Crippen LogP contribution < -0.4 is 4.90 Å². The zero-order valence-electron chi connectivity index (χ0n) is 11.6. The summed E-state index contributed by atoms with van der Waals surface area (Å²) < 4.78 is 0. The van der Waals surface area contributed by atoms with Gasteiger partial charge in [-0.1, -0.05) is 24.3 Å². The van der Waals surface area contributed by atoms with E-state index >= 15 is 0 Å². The fourth-order valence-electron chi connectivity index (χ4n) is 3.20. The van der Waals surface area contributed by atoms with Crippen molar-refractivity contribution in [3.63, 3.8) is 0 Å². The second-order valence-electron chi connectivity index (χ2n) is 5.38. The Bertz CT molecular complexity index is 733. The maximum atomic E-state index is 11.0. The summed E-state index contributed by atoms with van der Waals surface area (Å²) in [4.78, 5) is 13.2. The lowest BCUT2D eigenvalue weighted by Crippen LogP contribution is -2.31. The first-order chi connectivity index (χ1) is 10.2. The van der Waals surface area contributed by atoms with Crippen LogP contribution >= 0.6 is 0 Å². The molecule has 4 nitrogen and oxygen atoms in total. The first-order valence-electron chi connectivity index (χ1n) is 7.11. The Hall–Kier alpha value is -2.54. The number of fused-ring (bicyclic) bond motifs is 1. The first kappa shape index (κ1) is 13.4. The van der Waals surface area contributed by atoms with Crippen LogP contribution in [0.15, 0.2) is 36.4 Å². The molecule has 0 saturated carbocycles. The Kier molecular flexibility index (Phi) is 3.49. The summed E-state index contributed by atoms with van der Waals surface area (Å²) in [5, 5.41) is 20.2. The molecular formula is C17H16N2O2. The number of nitrogens with zero attached hydrogens (tertiary/aromatic N) is 2. The maximum absolute atomic E-state index is 11.0. The number of rotatable bonds is 3. The van der Waals surface area contributed by atoms with Crippen molar-refractivity contribution in [2.24, 2.45) is 0 Å². The van der Waals surface area contributed by atoms with Crippen LogP contribution in [-0.4, -0.2) is 23.7 Å². The van der Waals surface area contributed by atoms with Crippen LogP contribution in [0.3, 0.4) is 0 Å². The minimum atomic E-state index is -0.759. The molecule has 3 rings (SSSR count). The molecule has 1 fully saturated rings. The molecule has 0 amide bonds. The monoisotopic (exact) mass is 280 g/mol. The normalized spacial score (nSPS) is 17.9. The highest BCUT2D eigenvalue weighted by molar-refractivity contribution is 5.98. The minimum Gasteiger partial charge on any atom is -0.481 e. The van der Waals surface area contributed by atoms with Crippen molar-refractivity contribution in [3.8, 4) is 6.07 Å². The molecule has 1 aliphatic rings. The third-order valence-electron chi connectivity index (χ3n) is 4.12. The highest BCUT2D eigenvalue weighted by Crippen LogP contribution is 2.34. The number of carbonyl (C=O) groups is 1. The Morgan fingerprint density at radius 3 is 2.76 bits per heavy atom. The van der Waals surface area contributed by atoms with Gasteiger partial charge < -0.3 is 10.0 Å². The van der Waals surface area contributed by atoms with Gasteiger partial charge in [0.1, 0.15) is 0 Å². The zero-order chi connectivity index (χ0) is 14.8. The van der Waals surface area contributed by atoms with Gasteiger partial charge in [-0.15, -0.1) is 0 Å². The van der Waals surface area contributed by atoms with Crippen molar-refractivity contribution in [2.75, 3.05) is 11.4 Å². The average Bonchev–Trinajstić information content (AvgIpc) is 2.93. The molecule has 1 aliphatic heterocycles. The molecule has 4 heteroatoms.